The van der Waals surface area contributed by atoms with Gasteiger partial charge in [0.2, 0.25) is 5.92 Å². The number of rotatable bonds is 4. The molecule has 2 aliphatic rings. The Labute approximate surface area is 192 Å². The lowest BCUT2D eigenvalue weighted by Gasteiger charge is -2.34. The fourth-order valence-electron chi connectivity index (χ4n) is 4.70. The van der Waals surface area contributed by atoms with Crippen LogP contribution in [-0.2, 0) is 4.79 Å². The Kier molecular flexibility index (Phi) is 5.15. The summed E-state index contributed by atoms with van der Waals surface area (Å²) < 4.78 is 42.1. The summed E-state index contributed by atoms with van der Waals surface area (Å²) in [5.74, 6) is -4.82. The van der Waals surface area contributed by atoms with E-state index in [0.717, 1.165) is 21.7 Å². The van der Waals surface area contributed by atoms with Crippen LogP contribution < -0.4 is 5.32 Å². The molecule has 1 N–H and O–H groups in total. The number of imide groups is 1. The molecule has 1 aliphatic carbocycles. The second-order valence-electron chi connectivity index (χ2n) is 8.78. The number of benzene rings is 2. The van der Waals surface area contributed by atoms with Gasteiger partial charge >= 0.3 is 6.03 Å². The fourth-order valence-corrected chi connectivity index (χ4v) is 4.70. The molecule has 9 heteroatoms. The molecule has 1 aromatic heterocycles. The van der Waals surface area contributed by atoms with Gasteiger partial charge < -0.3 is 5.32 Å². The number of alkyl halides is 2. The second-order valence-corrected chi connectivity index (χ2v) is 8.78. The lowest BCUT2D eigenvalue weighted by atomic mass is 9.80. The lowest BCUT2D eigenvalue weighted by Crippen LogP contribution is -2.51. The molecular formula is C25H20F3N3O3. The summed E-state index contributed by atoms with van der Waals surface area (Å²) in [4.78, 5) is 42.9. The highest BCUT2D eigenvalue weighted by atomic mass is 19.3. The summed E-state index contributed by atoms with van der Waals surface area (Å²) >= 11 is 0. The molecule has 1 saturated heterocycles. The molecule has 0 radical (unpaired) electrons. The van der Waals surface area contributed by atoms with Crippen LogP contribution in [0.3, 0.4) is 0 Å². The zero-order chi connectivity index (χ0) is 24.1. The van der Waals surface area contributed by atoms with Crippen molar-refractivity contribution in [3.05, 3.63) is 66.2 Å². The first kappa shape index (κ1) is 22.1. The maximum atomic E-state index is 15.1. The van der Waals surface area contributed by atoms with Crippen LogP contribution in [-0.4, -0.2) is 45.6 Å². The highest BCUT2D eigenvalue weighted by Crippen LogP contribution is 2.41. The number of fused-ring (bicyclic) bond motifs is 1. The zero-order valence-corrected chi connectivity index (χ0v) is 18.0. The molecule has 3 amide bonds. The van der Waals surface area contributed by atoms with E-state index in [1.165, 1.54) is 12.1 Å². The number of nitrogens with zero attached hydrogens (tertiary/aromatic N) is 2. The van der Waals surface area contributed by atoms with Crippen molar-refractivity contribution in [2.24, 2.45) is 0 Å². The van der Waals surface area contributed by atoms with Gasteiger partial charge in [-0.05, 0) is 35.9 Å². The van der Waals surface area contributed by atoms with Gasteiger partial charge in [-0.15, -0.1) is 0 Å². The minimum atomic E-state index is -2.88. The summed E-state index contributed by atoms with van der Waals surface area (Å²) in [7, 11) is 0. The van der Waals surface area contributed by atoms with Gasteiger partial charge in [0, 0.05) is 41.7 Å². The highest BCUT2D eigenvalue weighted by Gasteiger charge is 2.55. The maximum absolute atomic E-state index is 15.1. The number of urea groups is 1. The Bertz CT molecular complexity index is 1330. The van der Waals surface area contributed by atoms with Crippen LogP contribution in [0, 0.1) is 5.82 Å². The summed E-state index contributed by atoms with van der Waals surface area (Å²) in [5, 5.41) is 4.14. The van der Waals surface area contributed by atoms with Crippen molar-refractivity contribution in [1.29, 1.82) is 0 Å². The van der Waals surface area contributed by atoms with Crippen LogP contribution in [0.15, 0.2) is 54.9 Å². The molecular weight excluding hydrogens is 447 g/mol. The summed E-state index contributed by atoms with van der Waals surface area (Å²) in [6.45, 7) is -0.596. The number of nitrogens with one attached hydrogen (secondary N) is 1. The Balaban J connectivity index is 1.36. The third-order valence-electron chi connectivity index (χ3n) is 6.64. The van der Waals surface area contributed by atoms with Crippen LogP contribution in [0.1, 0.15) is 36.0 Å². The highest BCUT2D eigenvalue weighted by molar-refractivity contribution is 6.11. The van der Waals surface area contributed by atoms with E-state index in [9.17, 15) is 23.2 Å². The van der Waals surface area contributed by atoms with Gasteiger partial charge in [0.25, 0.3) is 5.91 Å². The Morgan fingerprint density at radius 1 is 1.03 bits per heavy atom. The van der Waals surface area contributed by atoms with Crippen molar-refractivity contribution in [3.8, 4) is 11.1 Å². The van der Waals surface area contributed by atoms with E-state index in [-0.39, 0.29) is 18.4 Å². The third kappa shape index (κ3) is 3.70. The molecule has 1 spiro atoms. The number of carbonyl (C=O) groups is 3. The SMILES string of the molecule is O=C(CN1C(=O)NC2(CCC(F)(F)CC2)C1=O)c1ccc(-c2cccc3cnccc23)c(F)c1. The minimum Gasteiger partial charge on any atom is -0.323 e. The Morgan fingerprint density at radius 2 is 1.79 bits per heavy atom. The van der Waals surface area contributed by atoms with E-state index in [2.05, 4.69) is 10.3 Å². The largest absolute Gasteiger partial charge is 0.325 e. The molecule has 3 aromatic rings. The summed E-state index contributed by atoms with van der Waals surface area (Å²) in [6.07, 6.45) is 1.86. The quantitative estimate of drug-likeness (QED) is 0.445. The molecule has 1 aliphatic heterocycles. The van der Waals surface area contributed by atoms with E-state index in [0.29, 0.717) is 11.1 Å². The molecule has 0 bridgehead atoms. The molecule has 6 nitrogen and oxygen atoms in total. The van der Waals surface area contributed by atoms with Crippen molar-refractivity contribution in [2.75, 3.05) is 6.54 Å². The van der Waals surface area contributed by atoms with Gasteiger partial charge in [0.1, 0.15) is 11.4 Å². The zero-order valence-electron chi connectivity index (χ0n) is 18.0. The van der Waals surface area contributed by atoms with E-state index >= 15 is 4.39 Å². The van der Waals surface area contributed by atoms with Crippen LogP contribution >= 0.6 is 0 Å². The van der Waals surface area contributed by atoms with Gasteiger partial charge in [-0.2, -0.15) is 0 Å². The van der Waals surface area contributed by atoms with Crippen molar-refractivity contribution < 1.29 is 27.6 Å². The number of hydrogen-bond acceptors (Lipinski definition) is 4. The molecule has 2 fully saturated rings. The standard InChI is InChI=1S/C25H20F3N3O3/c26-20-12-15(4-5-19(20)18-3-1-2-16-13-29-11-6-17(16)18)21(32)14-31-22(33)24(30-23(31)34)7-9-25(27,28)10-8-24/h1-6,11-13H,7-10,14H2,(H,30,34). The number of ketones is 1. The minimum absolute atomic E-state index is 0.000110. The number of Topliss-reactive ketones (excluding diaryl/α,β-unsaturated/α-hetero) is 1. The predicted octanol–water partition coefficient (Wildman–Crippen LogP) is 4.72. The van der Waals surface area contributed by atoms with Crippen molar-refractivity contribution in [2.45, 2.75) is 37.1 Å². The number of carbonyl (C=O) groups excluding carboxylic acids is 3. The molecule has 2 heterocycles. The Hall–Kier alpha value is -3.75. The number of halogens is 3. The van der Waals surface area contributed by atoms with E-state index in [4.69, 9.17) is 0 Å². The van der Waals surface area contributed by atoms with Gasteiger partial charge in [0.05, 0.1) is 6.54 Å². The molecule has 174 valence electrons. The van der Waals surface area contributed by atoms with E-state index in [1.807, 2.05) is 6.07 Å². The van der Waals surface area contributed by atoms with Crippen molar-refractivity contribution >= 4 is 28.5 Å². The normalized spacial score (nSPS) is 19.0. The summed E-state index contributed by atoms with van der Waals surface area (Å²) in [5.41, 5.74) is -0.468. The molecule has 0 atom stereocenters. The van der Waals surface area contributed by atoms with Crippen LogP contribution in [0.4, 0.5) is 18.0 Å². The van der Waals surface area contributed by atoms with Gasteiger partial charge in [-0.3, -0.25) is 19.5 Å². The molecule has 5 rings (SSSR count). The van der Waals surface area contributed by atoms with Crippen LogP contribution in [0.25, 0.3) is 21.9 Å². The average Bonchev–Trinajstić information content (AvgIpc) is 3.05. The van der Waals surface area contributed by atoms with Crippen LogP contribution in [0.5, 0.6) is 0 Å². The van der Waals surface area contributed by atoms with E-state index < -0.39 is 54.4 Å². The number of amides is 3. The van der Waals surface area contributed by atoms with E-state index in [1.54, 1.807) is 30.6 Å². The number of pyridine rings is 1. The second kappa shape index (κ2) is 7.93. The van der Waals surface area contributed by atoms with Crippen LogP contribution in [0.2, 0.25) is 0 Å². The maximum Gasteiger partial charge on any atom is 0.325 e. The smallest absolute Gasteiger partial charge is 0.323 e. The fraction of sp³-hybridized carbons (Fsp3) is 0.280. The first-order chi connectivity index (χ1) is 16.2. The van der Waals surface area contributed by atoms with Crippen molar-refractivity contribution in [3.63, 3.8) is 0 Å². The van der Waals surface area contributed by atoms with Crippen molar-refractivity contribution in [1.82, 2.24) is 15.2 Å². The molecule has 1 saturated carbocycles. The molecule has 34 heavy (non-hydrogen) atoms. The summed E-state index contributed by atoms with van der Waals surface area (Å²) in [6, 6.07) is 10.4. The topological polar surface area (TPSA) is 79.4 Å². The molecule has 0 unspecified atom stereocenters. The Morgan fingerprint density at radius 3 is 2.53 bits per heavy atom. The first-order valence-electron chi connectivity index (χ1n) is 10.9. The number of hydrogen-bond donors (Lipinski definition) is 1. The predicted molar refractivity (Wildman–Crippen MR) is 118 cm³/mol. The van der Waals surface area contributed by atoms with Gasteiger partial charge in [0.15, 0.2) is 5.78 Å². The molecule has 2 aromatic carbocycles. The van der Waals surface area contributed by atoms with Gasteiger partial charge in [-0.1, -0.05) is 30.3 Å². The van der Waals surface area contributed by atoms with Gasteiger partial charge in [-0.25, -0.2) is 18.0 Å². The third-order valence-corrected chi connectivity index (χ3v) is 6.64. The number of aromatic nitrogens is 1. The first-order valence-corrected chi connectivity index (χ1v) is 10.9. The monoisotopic (exact) mass is 467 g/mol. The lowest BCUT2D eigenvalue weighted by molar-refractivity contribution is -0.135. The average molecular weight is 467 g/mol.